The number of aryl methyl sites for hydroxylation is 1. The predicted octanol–water partition coefficient (Wildman–Crippen LogP) is 5.00. The maximum absolute atomic E-state index is 13.4. The smallest absolute Gasteiger partial charge is 0.255 e. The number of nitrogens with one attached hydrogen (secondary N) is 1. The van der Waals surface area contributed by atoms with E-state index in [0.717, 1.165) is 28.8 Å². The molecule has 0 spiro atoms. The molecule has 0 aliphatic carbocycles. The van der Waals surface area contributed by atoms with Crippen molar-refractivity contribution in [3.05, 3.63) is 82.9 Å². The standard InChI is InChI=1S/C28H30N2O5/c1-5-18-10-7-9-13-22(18)29-26(31)16-23(30-17-19-11-6-8-12-21(19)28(30)32)20-14-24(33-2)27(35-4)25(15-20)34-3/h6-15,23H,5,16-17H2,1-4H3,(H,29,31)/t23-/m1/s1. The van der Waals surface area contributed by atoms with Gasteiger partial charge in [-0.3, -0.25) is 9.59 Å². The zero-order valence-electron chi connectivity index (χ0n) is 20.5. The van der Waals surface area contributed by atoms with Crippen LogP contribution in [0.25, 0.3) is 0 Å². The van der Waals surface area contributed by atoms with E-state index in [4.69, 9.17) is 14.2 Å². The fourth-order valence-electron chi connectivity index (χ4n) is 4.56. The zero-order valence-corrected chi connectivity index (χ0v) is 20.5. The number of methoxy groups -OCH3 is 3. The number of hydrogen-bond donors (Lipinski definition) is 1. The molecule has 0 saturated carbocycles. The van der Waals surface area contributed by atoms with E-state index in [-0.39, 0.29) is 18.2 Å². The van der Waals surface area contributed by atoms with Gasteiger partial charge in [-0.15, -0.1) is 0 Å². The number of carbonyl (C=O) groups excluding carboxylic acids is 2. The van der Waals surface area contributed by atoms with Crippen LogP contribution in [0.3, 0.4) is 0 Å². The van der Waals surface area contributed by atoms with Crippen molar-refractivity contribution in [1.29, 1.82) is 0 Å². The van der Waals surface area contributed by atoms with Crippen LogP contribution in [-0.4, -0.2) is 38.0 Å². The lowest BCUT2D eigenvalue weighted by molar-refractivity contribution is -0.117. The summed E-state index contributed by atoms with van der Waals surface area (Å²) in [6.45, 7) is 2.46. The van der Waals surface area contributed by atoms with Crippen LogP contribution in [0, 0.1) is 0 Å². The molecule has 1 aliphatic heterocycles. The summed E-state index contributed by atoms with van der Waals surface area (Å²) in [6.07, 6.45) is 0.864. The number of carbonyl (C=O) groups is 2. The van der Waals surface area contributed by atoms with Crippen LogP contribution in [-0.2, 0) is 17.8 Å². The Hall–Kier alpha value is -4.00. The molecule has 3 aromatic rings. The van der Waals surface area contributed by atoms with Crippen LogP contribution in [0.5, 0.6) is 17.2 Å². The molecule has 182 valence electrons. The van der Waals surface area contributed by atoms with E-state index in [9.17, 15) is 9.59 Å². The summed E-state index contributed by atoms with van der Waals surface area (Å²) in [7, 11) is 4.62. The molecule has 1 heterocycles. The summed E-state index contributed by atoms with van der Waals surface area (Å²) in [5.41, 5.74) is 4.14. The number of fused-ring (bicyclic) bond motifs is 1. The molecule has 35 heavy (non-hydrogen) atoms. The highest BCUT2D eigenvalue weighted by Gasteiger charge is 2.35. The van der Waals surface area contributed by atoms with Crippen molar-refractivity contribution in [2.24, 2.45) is 0 Å². The average Bonchev–Trinajstić information content (AvgIpc) is 3.22. The van der Waals surface area contributed by atoms with E-state index in [0.29, 0.717) is 29.4 Å². The molecular formula is C28H30N2O5. The van der Waals surface area contributed by atoms with Gasteiger partial charge >= 0.3 is 0 Å². The van der Waals surface area contributed by atoms with Gasteiger partial charge in [0.1, 0.15) is 0 Å². The Morgan fingerprint density at radius 2 is 1.63 bits per heavy atom. The number of rotatable bonds is 9. The van der Waals surface area contributed by atoms with E-state index >= 15 is 0 Å². The van der Waals surface area contributed by atoms with Crippen LogP contribution in [0.1, 0.15) is 46.4 Å². The number of amides is 2. The van der Waals surface area contributed by atoms with Gasteiger partial charge in [0, 0.05) is 17.8 Å². The van der Waals surface area contributed by atoms with Crippen LogP contribution in [0.4, 0.5) is 5.69 Å². The van der Waals surface area contributed by atoms with Crippen molar-refractivity contribution in [1.82, 2.24) is 4.90 Å². The molecule has 7 heteroatoms. The third kappa shape index (κ3) is 4.80. The molecule has 3 aromatic carbocycles. The largest absolute Gasteiger partial charge is 0.493 e. The highest BCUT2D eigenvalue weighted by Crippen LogP contribution is 2.43. The second-order valence-corrected chi connectivity index (χ2v) is 8.33. The molecular weight excluding hydrogens is 444 g/mol. The summed E-state index contributed by atoms with van der Waals surface area (Å²) in [5.74, 6) is 1.09. The van der Waals surface area contributed by atoms with Gasteiger partial charge in [0.15, 0.2) is 11.5 Å². The SMILES string of the molecule is CCc1ccccc1NC(=O)C[C@H](c1cc(OC)c(OC)c(OC)c1)N1Cc2ccccc2C1=O. The Balaban J connectivity index is 1.72. The van der Waals surface area contributed by atoms with Gasteiger partial charge < -0.3 is 24.4 Å². The molecule has 1 N–H and O–H groups in total. The Bertz CT molecular complexity index is 1210. The Morgan fingerprint density at radius 1 is 0.971 bits per heavy atom. The number of nitrogens with zero attached hydrogens (tertiary/aromatic N) is 1. The maximum atomic E-state index is 13.4. The van der Waals surface area contributed by atoms with Crippen molar-refractivity contribution in [2.45, 2.75) is 32.4 Å². The molecule has 0 unspecified atom stereocenters. The lowest BCUT2D eigenvalue weighted by Crippen LogP contribution is -2.32. The monoisotopic (exact) mass is 474 g/mol. The fraction of sp³-hybridized carbons (Fsp3) is 0.286. The molecule has 0 bridgehead atoms. The quantitative estimate of drug-likeness (QED) is 0.472. The van der Waals surface area contributed by atoms with Crippen LogP contribution in [0.15, 0.2) is 60.7 Å². The van der Waals surface area contributed by atoms with Crippen molar-refractivity contribution < 1.29 is 23.8 Å². The van der Waals surface area contributed by atoms with Gasteiger partial charge in [0.05, 0.1) is 33.8 Å². The minimum Gasteiger partial charge on any atom is -0.493 e. The van der Waals surface area contributed by atoms with Gasteiger partial charge in [0.25, 0.3) is 5.91 Å². The van der Waals surface area contributed by atoms with Crippen molar-refractivity contribution in [3.8, 4) is 17.2 Å². The minimum absolute atomic E-state index is 0.0659. The second kappa shape index (κ2) is 10.5. The fourth-order valence-corrected chi connectivity index (χ4v) is 4.56. The van der Waals surface area contributed by atoms with Crippen molar-refractivity contribution >= 4 is 17.5 Å². The first-order chi connectivity index (χ1) is 17.0. The molecule has 0 fully saturated rings. The number of para-hydroxylation sites is 1. The Kier molecular flexibility index (Phi) is 7.25. The molecule has 7 nitrogen and oxygen atoms in total. The van der Waals surface area contributed by atoms with Crippen LogP contribution in [0.2, 0.25) is 0 Å². The minimum atomic E-state index is -0.544. The van der Waals surface area contributed by atoms with Crippen LogP contribution >= 0.6 is 0 Å². The molecule has 0 radical (unpaired) electrons. The summed E-state index contributed by atoms with van der Waals surface area (Å²) >= 11 is 0. The molecule has 2 amide bonds. The van der Waals surface area contributed by atoms with Gasteiger partial charge in [-0.25, -0.2) is 0 Å². The second-order valence-electron chi connectivity index (χ2n) is 8.33. The van der Waals surface area contributed by atoms with Gasteiger partial charge in [-0.05, 0) is 47.4 Å². The van der Waals surface area contributed by atoms with E-state index in [2.05, 4.69) is 5.32 Å². The highest BCUT2D eigenvalue weighted by molar-refractivity contribution is 5.99. The van der Waals surface area contributed by atoms with Gasteiger partial charge in [-0.2, -0.15) is 0 Å². The van der Waals surface area contributed by atoms with E-state index in [1.54, 1.807) is 31.3 Å². The zero-order chi connectivity index (χ0) is 24.9. The summed E-state index contributed by atoms with van der Waals surface area (Å²) < 4.78 is 16.6. The molecule has 4 rings (SSSR count). The van der Waals surface area contributed by atoms with Crippen molar-refractivity contribution in [3.63, 3.8) is 0 Å². The van der Waals surface area contributed by atoms with Gasteiger partial charge in [-0.1, -0.05) is 43.3 Å². The summed E-state index contributed by atoms with van der Waals surface area (Å²) in [4.78, 5) is 28.4. The first kappa shape index (κ1) is 24.1. The van der Waals surface area contributed by atoms with Gasteiger partial charge in [0.2, 0.25) is 11.7 Å². The van der Waals surface area contributed by atoms with Crippen molar-refractivity contribution in [2.75, 3.05) is 26.6 Å². The number of anilines is 1. The lowest BCUT2D eigenvalue weighted by atomic mass is 9.99. The summed E-state index contributed by atoms with van der Waals surface area (Å²) in [5, 5.41) is 3.04. The number of hydrogen-bond acceptors (Lipinski definition) is 5. The maximum Gasteiger partial charge on any atom is 0.255 e. The van der Waals surface area contributed by atoms with E-state index in [1.165, 1.54) is 7.11 Å². The lowest BCUT2D eigenvalue weighted by Gasteiger charge is -2.29. The molecule has 0 saturated heterocycles. The molecule has 0 aromatic heterocycles. The summed E-state index contributed by atoms with van der Waals surface area (Å²) in [6, 6.07) is 18.3. The highest BCUT2D eigenvalue weighted by atomic mass is 16.5. The Labute approximate surface area is 205 Å². The normalized spacial score (nSPS) is 13.3. The molecule has 1 aliphatic rings. The Morgan fingerprint density at radius 3 is 2.26 bits per heavy atom. The number of benzene rings is 3. The van der Waals surface area contributed by atoms with E-state index in [1.807, 2.05) is 55.5 Å². The first-order valence-electron chi connectivity index (χ1n) is 11.6. The average molecular weight is 475 g/mol. The predicted molar refractivity (Wildman–Crippen MR) is 134 cm³/mol. The third-order valence-corrected chi connectivity index (χ3v) is 6.35. The van der Waals surface area contributed by atoms with E-state index < -0.39 is 6.04 Å². The van der Waals surface area contributed by atoms with Crippen LogP contribution < -0.4 is 19.5 Å². The third-order valence-electron chi connectivity index (χ3n) is 6.35. The molecule has 1 atom stereocenters. The topological polar surface area (TPSA) is 77.1 Å². The first-order valence-corrected chi connectivity index (χ1v) is 11.6. The number of ether oxygens (including phenoxy) is 3.